The zero-order chi connectivity index (χ0) is 20.3. The number of esters is 1. The number of urea groups is 1. The molecule has 0 aliphatic heterocycles. The first kappa shape index (κ1) is 19.4. The van der Waals surface area contributed by atoms with Crippen molar-refractivity contribution in [3.05, 3.63) is 48.0 Å². The lowest BCUT2D eigenvalue weighted by atomic mass is 10.2. The van der Waals surface area contributed by atoms with E-state index in [-0.39, 0.29) is 10.9 Å². The zero-order valence-corrected chi connectivity index (χ0v) is 15.0. The van der Waals surface area contributed by atoms with Crippen LogP contribution >= 0.6 is 11.3 Å². The lowest BCUT2D eigenvalue weighted by Gasteiger charge is -2.07. The summed E-state index contributed by atoms with van der Waals surface area (Å²) in [6.45, 7) is 0. The van der Waals surface area contributed by atoms with E-state index >= 15 is 0 Å². The van der Waals surface area contributed by atoms with Crippen LogP contribution in [-0.4, -0.2) is 30.5 Å². The number of rotatable bonds is 4. The van der Waals surface area contributed by atoms with E-state index in [2.05, 4.69) is 25.1 Å². The summed E-state index contributed by atoms with van der Waals surface area (Å²) in [6, 6.07) is 9.11. The van der Waals surface area contributed by atoms with Gasteiger partial charge >= 0.3 is 18.4 Å². The predicted octanol–water partition coefficient (Wildman–Crippen LogP) is 4.63. The number of nitrogens with zero attached hydrogens (tertiary/aromatic N) is 1. The van der Waals surface area contributed by atoms with Crippen LogP contribution < -0.4 is 15.4 Å². The third kappa shape index (κ3) is 4.88. The molecule has 0 unspecified atom stereocenters. The molecule has 11 heteroatoms. The Kier molecular flexibility index (Phi) is 5.36. The van der Waals surface area contributed by atoms with E-state index in [1.165, 1.54) is 43.5 Å². The number of hydrogen-bond acceptors (Lipinski definition) is 6. The number of alkyl halides is 3. The number of carbonyl (C=O) groups excluding carboxylic acids is 2. The number of aromatic nitrogens is 1. The number of amides is 2. The maximum atomic E-state index is 12.3. The molecule has 0 aliphatic carbocycles. The molecule has 3 aromatic rings. The Morgan fingerprint density at radius 1 is 1.07 bits per heavy atom. The third-order valence-electron chi connectivity index (χ3n) is 3.38. The minimum atomic E-state index is -4.79. The van der Waals surface area contributed by atoms with E-state index in [1.807, 2.05) is 0 Å². The number of methoxy groups -OCH3 is 1. The fourth-order valence-electron chi connectivity index (χ4n) is 2.22. The smallest absolute Gasteiger partial charge is 0.465 e. The number of thiazole rings is 1. The van der Waals surface area contributed by atoms with Crippen LogP contribution in [0.3, 0.4) is 0 Å². The van der Waals surface area contributed by atoms with E-state index < -0.39 is 18.4 Å². The molecule has 0 saturated heterocycles. The van der Waals surface area contributed by atoms with Crippen LogP contribution in [0.2, 0.25) is 0 Å². The van der Waals surface area contributed by atoms with E-state index in [0.29, 0.717) is 21.5 Å². The summed E-state index contributed by atoms with van der Waals surface area (Å²) in [5, 5.41) is 5.25. The monoisotopic (exact) mass is 411 g/mol. The molecule has 2 amide bonds. The van der Waals surface area contributed by atoms with Crippen molar-refractivity contribution in [1.82, 2.24) is 4.98 Å². The second-order valence-electron chi connectivity index (χ2n) is 5.34. The Balaban J connectivity index is 1.66. The molecule has 0 fully saturated rings. The molecule has 0 radical (unpaired) electrons. The third-order valence-corrected chi connectivity index (χ3v) is 4.31. The second kappa shape index (κ2) is 7.72. The molecule has 0 saturated carbocycles. The average molecular weight is 411 g/mol. The molecule has 1 aromatic heterocycles. The molecular weight excluding hydrogens is 399 g/mol. The molecule has 0 aliphatic rings. The van der Waals surface area contributed by atoms with Crippen molar-refractivity contribution < 1.29 is 32.2 Å². The molecule has 7 nitrogen and oxygen atoms in total. The molecule has 146 valence electrons. The van der Waals surface area contributed by atoms with Gasteiger partial charge < -0.3 is 14.8 Å². The first-order valence-corrected chi connectivity index (χ1v) is 8.48. The largest absolute Gasteiger partial charge is 0.573 e. The number of nitrogens with one attached hydrogen (secondary N) is 2. The summed E-state index contributed by atoms with van der Waals surface area (Å²) in [5.41, 5.74) is 1.17. The molecule has 2 aromatic carbocycles. The van der Waals surface area contributed by atoms with Gasteiger partial charge in [0.1, 0.15) is 5.75 Å². The summed E-state index contributed by atoms with van der Waals surface area (Å²) in [7, 11) is 1.26. The van der Waals surface area contributed by atoms with Crippen LogP contribution in [0.4, 0.5) is 28.8 Å². The highest BCUT2D eigenvalue weighted by atomic mass is 32.1. The number of ether oxygens (including phenoxy) is 2. The van der Waals surface area contributed by atoms with Gasteiger partial charge in [0.2, 0.25) is 0 Å². The highest BCUT2D eigenvalue weighted by Gasteiger charge is 2.31. The van der Waals surface area contributed by atoms with Gasteiger partial charge in [-0.25, -0.2) is 14.6 Å². The standard InChI is InChI=1S/C17H12F3N3O4S/c1-26-14(24)9-2-4-10(5-3-9)21-15(25)23-16-22-12-7-6-11(8-13(12)28-16)27-17(18,19)20/h2-8H,1H3,(H2,21,22,23,25). The minimum absolute atomic E-state index is 0.197. The van der Waals surface area contributed by atoms with Crippen molar-refractivity contribution in [2.75, 3.05) is 17.7 Å². The quantitative estimate of drug-likeness (QED) is 0.612. The van der Waals surface area contributed by atoms with Crippen LogP contribution in [0.25, 0.3) is 10.2 Å². The first-order chi connectivity index (χ1) is 13.2. The zero-order valence-electron chi connectivity index (χ0n) is 14.2. The summed E-state index contributed by atoms with van der Waals surface area (Å²) in [6.07, 6.45) is -4.79. The van der Waals surface area contributed by atoms with Gasteiger partial charge in [0, 0.05) is 11.8 Å². The van der Waals surface area contributed by atoms with E-state index in [4.69, 9.17) is 0 Å². The van der Waals surface area contributed by atoms with Gasteiger partial charge in [-0.05, 0) is 36.4 Å². The number of hydrogen-bond donors (Lipinski definition) is 2. The first-order valence-electron chi connectivity index (χ1n) is 7.66. The SMILES string of the molecule is COC(=O)c1ccc(NC(=O)Nc2nc3ccc(OC(F)(F)F)cc3s2)cc1. The van der Waals surface area contributed by atoms with Crippen LogP contribution in [0.5, 0.6) is 5.75 Å². The molecular formula is C17H12F3N3O4S. The van der Waals surface area contributed by atoms with Crippen molar-refractivity contribution in [2.24, 2.45) is 0 Å². The Labute approximate surface area is 160 Å². The van der Waals surface area contributed by atoms with Gasteiger partial charge in [0.25, 0.3) is 0 Å². The number of halogens is 3. The number of anilines is 2. The summed E-state index contributed by atoms with van der Waals surface area (Å²) >= 11 is 0.994. The van der Waals surface area contributed by atoms with Crippen molar-refractivity contribution in [3.8, 4) is 5.75 Å². The maximum absolute atomic E-state index is 12.3. The van der Waals surface area contributed by atoms with Crippen LogP contribution in [0, 0.1) is 0 Å². The summed E-state index contributed by atoms with van der Waals surface area (Å²) in [4.78, 5) is 27.6. The molecule has 3 rings (SSSR count). The summed E-state index contributed by atoms with van der Waals surface area (Å²) in [5.74, 6) is -0.871. The van der Waals surface area contributed by atoms with Gasteiger partial charge in [0.15, 0.2) is 5.13 Å². The maximum Gasteiger partial charge on any atom is 0.573 e. The predicted molar refractivity (Wildman–Crippen MR) is 96.7 cm³/mol. The van der Waals surface area contributed by atoms with Crippen molar-refractivity contribution in [2.45, 2.75) is 6.36 Å². The van der Waals surface area contributed by atoms with Gasteiger partial charge in [-0.3, -0.25) is 5.32 Å². The molecule has 0 bridgehead atoms. The molecule has 28 heavy (non-hydrogen) atoms. The highest BCUT2D eigenvalue weighted by Crippen LogP contribution is 2.31. The fraction of sp³-hybridized carbons (Fsp3) is 0.118. The van der Waals surface area contributed by atoms with Crippen LogP contribution in [0.15, 0.2) is 42.5 Å². The van der Waals surface area contributed by atoms with Crippen LogP contribution in [0.1, 0.15) is 10.4 Å². The lowest BCUT2D eigenvalue weighted by molar-refractivity contribution is -0.274. The van der Waals surface area contributed by atoms with Crippen molar-refractivity contribution >= 4 is 44.4 Å². The topological polar surface area (TPSA) is 89.5 Å². The molecule has 0 spiro atoms. The number of carbonyl (C=O) groups is 2. The van der Waals surface area contributed by atoms with E-state index in [1.54, 1.807) is 0 Å². The molecule has 2 N–H and O–H groups in total. The Morgan fingerprint density at radius 3 is 2.43 bits per heavy atom. The van der Waals surface area contributed by atoms with E-state index in [0.717, 1.165) is 17.4 Å². The Morgan fingerprint density at radius 2 is 1.79 bits per heavy atom. The van der Waals surface area contributed by atoms with Gasteiger partial charge in [0.05, 0.1) is 22.9 Å². The lowest BCUT2D eigenvalue weighted by Crippen LogP contribution is -2.19. The van der Waals surface area contributed by atoms with Gasteiger partial charge in [-0.15, -0.1) is 13.2 Å². The number of benzene rings is 2. The Bertz CT molecular complexity index is 1020. The Hall–Kier alpha value is -3.34. The van der Waals surface area contributed by atoms with Gasteiger partial charge in [-0.1, -0.05) is 11.3 Å². The molecule has 1 heterocycles. The minimum Gasteiger partial charge on any atom is -0.465 e. The number of fused-ring (bicyclic) bond motifs is 1. The van der Waals surface area contributed by atoms with Gasteiger partial charge in [-0.2, -0.15) is 0 Å². The normalized spacial score (nSPS) is 11.1. The average Bonchev–Trinajstić information content (AvgIpc) is 3.01. The van der Waals surface area contributed by atoms with Crippen molar-refractivity contribution in [3.63, 3.8) is 0 Å². The highest BCUT2D eigenvalue weighted by molar-refractivity contribution is 7.22. The second-order valence-corrected chi connectivity index (χ2v) is 6.38. The van der Waals surface area contributed by atoms with Crippen LogP contribution in [-0.2, 0) is 4.74 Å². The summed E-state index contributed by atoms with van der Waals surface area (Å²) < 4.78 is 45.7. The van der Waals surface area contributed by atoms with Crippen molar-refractivity contribution in [1.29, 1.82) is 0 Å². The molecule has 0 atom stereocenters. The fourth-order valence-corrected chi connectivity index (χ4v) is 3.11. The van der Waals surface area contributed by atoms with E-state index in [9.17, 15) is 22.8 Å².